The third-order valence-electron chi connectivity index (χ3n) is 5.01. The average molecular weight is 408 g/mol. The zero-order chi connectivity index (χ0) is 17.6. The first kappa shape index (κ1) is 26.1. The molecular formula is C20H42BrNO2. The third kappa shape index (κ3) is 12.3. The second-order valence-electron chi connectivity index (χ2n) is 7.50. The first-order chi connectivity index (χ1) is 11.0. The van der Waals surface area contributed by atoms with Crippen molar-refractivity contribution in [2.24, 2.45) is 11.1 Å². The van der Waals surface area contributed by atoms with Crippen LogP contribution in [0.15, 0.2) is 0 Å². The highest BCUT2D eigenvalue weighted by atomic mass is 79.9. The Morgan fingerprint density at radius 1 is 0.875 bits per heavy atom. The first-order valence-electron chi connectivity index (χ1n) is 9.80. The molecule has 1 unspecified atom stereocenters. The minimum atomic E-state index is -0.577. The quantitative estimate of drug-likeness (QED) is 0.260. The van der Waals surface area contributed by atoms with Gasteiger partial charge in [0.2, 0.25) is 0 Å². The highest BCUT2D eigenvalue weighted by molar-refractivity contribution is 8.93. The van der Waals surface area contributed by atoms with Gasteiger partial charge in [0.15, 0.2) is 0 Å². The van der Waals surface area contributed by atoms with Crippen molar-refractivity contribution < 1.29 is 9.53 Å². The number of methoxy groups -OCH3 is 1. The van der Waals surface area contributed by atoms with E-state index in [9.17, 15) is 4.79 Å². The van der Waals surface area contributed by atoms with Crippen molar-refractivity contribution in [3.8, 4) is 0 Å². The Bertz CT molecular complexity index is 295. The number of hydrogen-bond donors (Lipinski definition) is 1. The smallest absolute Gasteiger partial charge is 0.312 e. The molecule has 1 atom stereocenters. The summed E-state index contributed by atoms with van der Waals surface area (Å²) in [6.45, 7) is 6.03. The summed E-state index contributed by atoms with van der Waals surface area (Å²) in [4.78, 5) is 11.7. The molecule has 4 heteroatoms. The number of hydrogen-bond acceptors (Lipinski definition) is 3. The van der Waals surface area contributed by atoms with Gasteiger partial charge in [-0.15, -0.1) is 17.0 Å². The molecule has 0 amide bonds. The van der Waals surface area contributed by atoms with E-state index in [2.05, 4.69) is 6.92 Å². The zero-order valence-corrected chi connectivity index (χ0v) is 18.3. The largest absolute Gasteiger partial charge is 0.469 e. The molecule has 0 heterocycles. The monoisotopic (exact) mass is 407 g/mol. The molecule has 0 bridgehead atoms. The highest BCUT2D eigenvalue weighted by Gasteiger charge is 2.34. The fourth-order valence-electron chi connectivity index (χ4n) is 2.98. The van der Waals surface area contributed by atoms with Crippen molar-refractivity contribution >= 4 is 23.0 Å². The lowest BCUT2D eigenvalue weighted by molar-refractivity contribution is -0.152. The van der Waals surface area contributed by atoms with Gasteiger partial charge in [0.1, 0.15) is 0 Å². The van der Waals surface area contributed by atoms with Crippen molar-refractivity contribution in [1.82, 2.24) is 0 Å². The second kappa shape index (κ2) is 16.4. The van der Waals surface area contributed by atoms with Gasteiger partial charge in [-0.05, 0) is 20.3 Å². The van der Waals surface area contributed by atoms with Crippen LogP contribution in [-0.2, 0) is 9.53 Å². The molecule has 0 rings (SSSR count). The molecule has 0 spiro atoms. The van der Waals surface area contributed by atoms with Crippen LogP contribution in [0, 0.1) is 5.41 Å². The lowest BCUT2D eigenvalue weighted by atomic mass is 9.82. The third-order valence-corrected chi connectivity index (χ3v) is 5.01. The number of nitrogens with two attached hydrogens (primary N) is 1. The molecule has 0 aromatic carbocycles. The molecule has 2 N–H and O–H groups in total. The molecule has 0 aliphatic carbocycles. The minimum absolute atomic E-state index is 0. The lowest BCUT2D eigenvalue weighted by Crippen LogP contribution is -2.43. The maximum atomic E-state index is 11.7. The van der Waals surface area contributed by atoms with Crippen molar-refractivity contribution in [1.29, 1.82) is 0 Å². The highest BCUT2D eigenvalue weighted by Crippen LogP contribution is 2.25. The van der Waals surface area contributed by atoms with Gasteiger partial charge in [-0.1, -0.05) is 84.0 Å². The van der Waals surface area contributed by atoms with E-state index in [1.807, 2.05) is 13.8 Å². The van der Waals surface area contributed by atoms with E-state index in [0.717, 1.165) is 12.8 Å². The predicted octanol–water partition coefficient (Wildman–Crippen LogP) is 6.18. The maximum Gasteiger partial charge on any atom is 0.312 e. The fraction of sp³-hybridized carbons (Fsp3) is 0.950. The van der Waals surface area contributed by atoms with Crippen molar-refractivity contribution in [2.45, 2.75) is 110 Å². The zero-order valence-electron chi connectivity index (χ0n) is 16.6. The molecule has 0 aromatic rings. The first-order valence-corrected chi connectivity index (χ1v) is 9.80. The van der Waals surface area contributed by atoms with Gasteiger partial charge in [0, 0.05) is 6.04 Å². The molecule has 0 radical (unpaired) electrons. The van der Waals surface area contributed by atoms with Gasteiger partial charge in [0.05, 0.1) is 12.5 Å². The molecular weight excluding hydrogens is 366 g/mol. The number of ether oxygens (including phenoxy) is 1. The Kier molecular flexibility index (Phi) is 17.8. The summed E-state index contributed by atoms with van der Waals surface area (Å²) in [6.07, 6.45) is 17.0. The van der Waals surface area contributed by atoms with Crippen LogP contribution >= 0.6 is 17.0 Å². The van der Waals surface area contributed by atoms with Crippen LogP contribution in [-0.4, -0.2) is 19.1 Å². The SMILES string of the molecule is Br.CCCCCCCCCCCCCCC(N)C(C)(C)C(=O)OC. The van der Waals surface area contributed by atoms with Gasteiger partial charge in [-0.3, -0.25) is 4.79 Å². The molecule has 0 aliphatic heterocycles. The lowest BCUT2D eigenvalue weighted by Gasteiger charge is -2.28. The standard InChI is InChI=1S/C20H41NO2.BrH/c1-5-6-7-8-9-10-11-12-13-14-15-16-17-18(21)20(2,3)19(22)23-4;/h18H,5-17,21H2,1-4H3;1H. The van der Waals surface area contributed by atoms with E-state index < -0.39 is 5.41 Å². The Labute approximate surface area is 161 Å². The van der Waals surface area contributed by atoms with Gasteiger partial charge in [-0.25, -0.2) is 0 Å². The summed E-state index contributed by atoms with van der Waals surface area (Å²) in [7, 11) is 1.43. The number of rotatable bonds is 15. The molecule has 24 heavy (non-hydrogen) atoms. The number of carbonyl (C=O) groups is 1. The number of unbranched alkanes of at least 4 members (excludes halogenated alkanes) is 11. The molecule has 0 fully saturated rings. The summed E-state index contributed by atoms with van der Waals surface area (Å²) < 4.78 is 4.83. The van der Waals surface area contributed by atoms with Crippen LogP contribution in [0.1, 0.15) is 104 Å². The Balaban J connectivity index is 0. The Morgan fingerprint density at radius 3 is 1.62 bits per heavy atom. The van der Waals surface area contributed by atoms with Crippen LogP contribution in [0.25, 0.3) is 0 Å². The Morgan fingerprint density at radius 2 is 1.25 bits per heavy atom. The summed E-state index contributed by atoms with van der Waals surface area (Å²) in [5.74, 6) is -0.205. The van der Waals surface area contributed by atoms with E-state index in [1.165, 1.54) is 77.7 Å². The summed E-state index contributed by atoms with van der Waals surface area (Å²) in [6, 6.07) is -0.113. The van der Waals surface area contributed by atoms with E-state index in [-0.39, 0.29) is 29.0 Å². The van der Waals surface area contributed by atoms with E-state index >= 15 is 0 Å². The molecule has 146 valence electrons. The van der Waals surface area contributed by atoms with Crippen molar-refractivity contribution in [2.75, 3.05) is 7.11 Å². The van der Waals surface area contributed by atoms with Gasteiger partial charge < -0.3 is 10.5 Å². The average Bonchev–Trinajstić information content (AvgIpc) is 2.54. The van der Waals surface area contributed by atoms with Crippen LogP contribution in [0.2, 0.25) is 0 Å². The predicted molar refractivity (Wildman–Crippen MR) is 110 cm³/mol. The van der Waals surface area contributed by atoms with Gasteiger partial charge in [-0.2, -0.15) is 0 Å². The number of halogens is 1. The summed E-state index contributed by atoms with van der Waals surface area (Å²) in [5.41, 5.74) is 5.58. The van der Waals surface area contributed by atoms with E-state index in [4.69, 9.17) is 10.5 Å². The van der Waals surface area contributed by atoms with Gasteiger partial charge >= 0.3 is 5.97 Å². The maximum absolute atomic E-state index is 11.7. The van der Waals surface area contributed by atoms with Crippen LogP contribution in [0.4, 0.5) is 0 Å². The van der Waals surface area contributed by atoms with Crippen LogP contribution in [0.3, 0.4) is 0 Å². The number of esters is 1. The van der Waals surface area contributed by atoms with Crippen molar-refractivity contribution in [3.05, 3.63) is 0 Å². The van der Waals surface area contributed by atoms with Crippen molar-refractivity contribution in [3.63, 3.8) is 0 Å². The minimum Gasteiger partial charge on any atom is -0.469 e. The van der Waals surface area contributed by atoms with Gasteiger partial charge in [0.25, 0.3) is 0 Å². The fourth-order valence-corrected chi connectivity index (χ4v) is 2.98. The normalized spacial score (nSPS) is 12.5. The molecule has 3 nitrogen and oxygen atoms in total. The van der Waals surface area contributed by atoms with E-state index in [1.54, 1.807) is 0 Å². The summed E-state index contributed by atoms with van der Waals surface area (Å²) >= 11 is 0. The molecule has 0 saturated heterocycles. The molecule has 0 aliphatic rings. The van der Waals surface area contributed by atoms with Crippen LogP contribution < -0.4 is 5.73 Å². The Hall–Kier alpha value is -0.0900. The topological polar surface area (TPSA) is 52.3 Å². The number of carbonyl (C=O) groups excluding carboxylic acids is 1. The molecule has 0 aromatic heterocycles. The van der Waals surface area contributed by atoms with Crippen LogP contribution in [0.5, 0.6) is 0 Å². The summed E-state index contributed by atoms with van der Waals surface area (Å²) in [5, 5.41) is 0. The van der Waals surface area contributed by atoms with E-state index in [0.29, 0.717) is 0 Å². The second-order valence-corrected chi connectivity index (χ2v) is 7.50. The molecule has 0 saturated carbocycles.